The molecule has 2 aromatic carbocycles. The molecule has 4 rings (SSSR count). The van der Waals surface area contributed by atoms with Gasteiger partial charge in [-0.25, -0.2) is 10.1 Å². The molecule has 0 bridgehead atoms. The van der Waals surface area contributed by atoms with Crippen molar-refractivity contribution in [3.05, 3.63) is 59.8 Å². The minimum Gasteiger partial charge on any atom is -0.507 e. The highest BCUT2D eigenvalue weighted by Crippen LogP contribution is 2.25. The van der Waals surface area contributed by atoms with Crippen LogP contribution in [0.3, 0.4) is 0 Å². The van der Waals surface area contributed by atoms with Crippen molar-refractivity contribution in [3.8, 4) is 22.8 Å². The molecule has 12 heteroatoms. The van der Waals surface area contributed by atoms with Crippen molar-refractivity contribution in [1.82, 2.24) is 30.7 Å². The van der Waals surface area contributed by atoms with Gasteiger partial charge in [-0.05, 0) is 36.3 Å². The molecule has 0 aliphatic heterocycles. The van der Waals surface area contributed by atoms with Crippen molar-refractivity contribution in [3.63, 3.8) is 0 Å². The maximum Gasteiger partial charge on any atom is 0.292 e. The van der Waals surface area contributed by atoms with Crippen LogP contribution in [0.4, 0.5) is 11.5 Å². The Morgan fingerprint density at radius 3 is 2.62 bits per heavy atom. The molecule has 0 aliphatic rings. The molecule has 0 saturated carbocycles. The van der Waals surface area contributed by atoms with E-state index in [9.17, 15) is 9.90 Å². The van der Waals surface area contributed by atoms with Gasteiger partial charge < -0.3 is 15.7 Å². The van der Waals surface area contributed by atoms with E-state index in [0.29, 0.717) is 16.8 Å². The summed E-state index contributed by atoms with van der Waals surface area (Å²) in [5.41, 5.74) is 10.5. The van der Waals surface area contributed by atoms with Crippen LogP contribution in [-0.2, 0) is 0 Å². The van der Waals surface area contributed by atoms with E-state index in [1.807, 2.05) is 38.1 Å². The van der Waals surface area contributed by atoms with Crippen LogP contribution in [0, 0.1) is 0 Å². The van der Waals surface area contributed by atoms with Gasteiger partial charge >= 0.3 is 0 Å². The monoisotopic (exact) mass is 461 g/mol. The second-order valence-electron chi connectivity index (χ2n) is 7.15. The summed E-state index contributed by atoms with van der Waals surface area (Å²) in [6, 6.07) is 14.3. The van der Waals surface area contributed by atoms with Crippen molar-refractivity contribution in [2.75, 3.05) is 23.7 Å². The largest absolute Gasteiger partial charge is 0.507 e. The predicted octanol–water partition coefficient (Wildman–Crippen LogP) is 2.22. The molecular formula is C22H23N9O3. The van der Waals surface area contributed by atoms with Crippen LogP contribution in [0.2, 0.25) is 0 Å². The third-order valence-corrected chi connectivity index (χ3v) is 5.14. The van der Waals surface area contributed by atoms with Gasteiger partial charge in [0.2, 0.25) is 11.6 Å². The number of hydrogen-bond donors (Lipinski definition) is 3. The molecule has 0 saturated heterocycles. The van der Waals surface area contributed by atoms with E-state index in [-0.39, 0.29) is 23.1 Å². The van der Waals surface area contributed by atoms with Gasteiger partial charge in [0.15, 0.2) is 5.69 Å². The van der Waals surface area contributed by atoms with E-state index < -0.39 is 5.91 Å². The lowest BCUT2D eigenvalue weighted by molar-refractivity contribution is 0.0947. The molecule has 2 aromatic heterocycles. The first-order valence-corrected chi connectivity index (χ1v) is 10.5. The van der Waals surface area contributed by atoms with Crippen LogP contribution >= 0.6 is 0 Å². The Morgan fingerprint density at radius 1 is 1.21 bits per heavy atom. The van der Waals surface area contributed by atoms with Gasteiger partial charge in [0.25, 0.3) is 5.91 Å². The molecule has 0 radical (unpaired) electrons. The highest BCUT2D eigenvalue weighted by molar-refractivity contribution is 5.99. The first-order chi connectivity index (χ1) is 16.5. The Balaban J connectivity index is 1.61. The fraction of sp³-hybridized carbons (Fsp3) is 0.182. The number of amides is 1. The summed E-state index contributed by atoms with van der Waals surface area (Å²) in [4.78, 5) is 15.2. The SMILES string of the molecule is CCN(CC)c1ccc(/C=N\NC(=O)c2c(-c3ccccc3)nnn2-c2nonc2N)c(O)c1. The molecule has 4 aromatic rings. The van der Waals surface area contributed by atoms with E-state index in [0.717, 1.165) is 23.5 Å². The van der Waals surface area contributed by atoms with Gasteiger partial charge in [-0.15, -0.1) is 5.10 Å². The fourth-order valence-electron chi connectivity index (χ4n) is 3.40. The molecule has 34 heavy (non-hydrogen) atoms. The summed E-state index contributed by atoms with van der Waals surface area (Å²) < 4.78 is 5.77. The minimum absolute atomic E-state index is 0.0217. The number of aromatic hydroxyl groups is 1. The summed E-state index contributed by atoms with van der Waals surface area (Å²) in [6.45, 7) is 5.71. The number of hydrogen-bond acceptors (Lipinski definition) is 10. The number of nitrogens with zero attached hydrogens (tertiary/aromatic N) is 7. The van der Waals surface area contributed by atoms with Crippen molar-refractivity contribution in [2.24, 2.45) is 5.10 Å². The molecule has 4 N–H and O–H groups in total. The molecular weight excluding hydrogens is 438 g/mol. The first-order valence-electron chi connectivity index (χ1n) is 10.5. The van der Waals surface area contributed by atoms with E-state index >= 15 is 0 Å². The molecule has 2 heterocycles. The molecule has 12 nitrogen and oxygen atoms in total. The van der Waals surface area contributed by atoms with E-state index in [1.165, 1.54) is 6.21 Å². The summed E-state index contributed by atoms with van der Waals surface area (Å²) in [5, 5.41) is 29.7. The maximum atomic E-state index is 13.1. The second-order valence-corrected chi connectivity index (χ2v) is 7.15. The van der Waals surface area contributed by atoms with Crippen molar-refractivity contribution < 1.29 is 14.5 Å². The number of aromatic nitrogens is 5. The average molecular weight is 461 g/mol. The lowest BCUT2D eigenvalue weighted by Crippen LogP contribution is -2.23. The lowest BCUT2D eigenvalue weighted by atomic mass is 10.1. The number of phenols is 1. The standard InChI is InChI=1S/C22H23N9O3/c1-3-30(4-2)16-11-10-15(17(32)12-16)13-24-26-22(33)19-18(14-8-6-5-7-9-14)25-29-31(19)21-20(23)27-34-28-21/h5-13,32H,3-4H2,1-2H3,(H2,23,27)(H,26,33)/b24-13-. The molecule has 1 amide bonds. The number of carbonyl (C=O) groups is 1. The number of nitrogens with two attached hydrogens (primary N) is 1. The smallest absolute Gasteiger partial charge is 0.292 e. The van der Waals surface area contributed by atoms with E-state index in [2.05, 4.69) is 40.7 Å². The zero-order chi connectivity index (χ0) is 24.1. The molecule has 0 spiro atoms. The molecule has 0 fully saturated rings. The lowest BCUT2D eigenvalue weighted by Gasteiger charge is -2.21. The quantitative estimate of drug-likeness (QED) is 0.264. The van der Waals surface area contributed by atoms with Crippen LogP contribution < -0.4 is 16.1 Å². The topological polar surface area (TPSA) is 161 Å². The van der Waals surface area contributed by atoms with Crippen molar-refractivity contribution >= 4 is 23.6 Å². The molecule has 174 valence electrons. The second kappa shape index (κ2) is 9.81. The number of nitrogens with one attached hydrogen (secondary N) is 1. The number of hydrazone groups is 1. The summed E-state index contributed by atoms with van der Waals surface area (Å²) >= 11 is 0. The molecule has 0 atom stereocenters. The Morgan fingerprint density at radius 2 is 1.97 bits per heavy atom. The number of nitrogen functional groups attached to an aromatic ring is 1. The zero-order valence-electron chi connectivity index (χ0n) is 18.6. The number of phenolic OH excluding ortho intramolecular Hbond substituents is 1. The average Bonchev–Trinajstić information content (AvgIpc) is 3.47. The zero-order valence-corrected chi connectivity index (χ0v) is 18.6. The van der Waals surface area contributed by atoms with Crippen LogP contribution in [0.25, 0.3) is 17.1 Å². The summed E-state index contributed by atoms with van der Waals surface area (Å²) in [5.74, 6) is -0.615. The molecule has 0 unspecified atom stereocenters. The first kappa shape index (κ1) is 22.5. The van der Waals surface area contributed by atoms with E-state index in [4.69, 9.17) is 5.73 Å². The van der Waals surface area contributed by atoms with Crippen LogP contribution in [0.5, 0.6) is 5.75 Å². The third-order valence-electron chi connectivity index (χ3n) is 5.14. The highest BCUT2D eigenvalue weighted by atomic mass is 16.6. The predicted molar refractivity (Wildman–Crippen MR) is 126 cm³/mol. The molecule has 0 aliphatic carbocycles. The Labute approximate surface area is 194 Å². The van der Waals surface area contributed by atoms with Crippen LogP contribution in [0.1, 0.15) is 29.9 Å². The number of carbonyl (C=O) groups excluding carboxylic acids is 1. The minimum atomic E-state index is -0.623. The number of anilines is 2. The Hall–Kier alpha value is -4.74. The summed E-state index contributed by atoms with van der Waals surface area (Å²) in [6.07, 6.45) is 1.35. The van der Waals surface area contributed by atoms with Gasteiger partial charge in [-0.3, -0.25) is 4.79 Å². The number of benzene rings is 2. The van der Waals surface area contributed by atoms with Gasteiger partial charge in [0.1, 0.15) is 11.4 Å². The van der Waals surface area contributed by atoms with Crippen molar-refractivity contribution in [1.29, 1.82) is 0 Å². The maximum absolute atomic E-state index is 13.1. The summed E-state index contributed by atoms with van der Waals surface area (Å²) in [7, 11) is 0. The van der Waals surface area contributed by atoms with Crippen LogP contribution in [-0.4, -0.2) is 55.6 Å². The normalized spacial score (nSPS) is 11.1. The third kappa shape index (κ3) is 4.41. The van der Waals surface area contributed by atoms with E-state index in [1.54, 1.807) is 24.3 Å². The van der Waals surface area contributed by atoms with Gasteiger partial charge in [-0.2, -0.15) is 9.78 Å². The Bertz CT molecular complexity index is 1310. The van der Waals surface area contributed by atoms with Gasteiger partial charge in [0, 0.05) is 36.0 Å². The van der Waals surface area contributed by atoms with Gasteiger partial charge in [-0.1, -0.05) is 35.5 Å². The van der Waals surface area contributed by atoms with Crippen LogP contribution in [0.15, 0.2) is 58.3 Å². The fourth-order valence-corrected chi connectivity index (χ4v) is 3.40. The Kier molecular flexibility index (Phi) is 6.48. The van der Waals surface area contributed by atoms with Gasteiger partial charge in [0.05, 0.1) is 6.21 Å². The number of rotatable bonds is 8. The van der Waals surface area contributed by atoms with Crippen molar-refractivity contribution in [2.45, 2.75) is 13.8 Å². The highest BCUT2D eigenvalue weighted by Gasteiger charge is 2.25.